The maximum atomic E-state index is 11.9. The van der Waals surface area contributed by atoms with E-state index in [9.17, 15) is 9.59 Å². The van der Waals surface area contributed by atoms with Gasteiger partial charge in [-0.05, 0) is 6.42 Å². The first-order valence-electron chi connectivity index (χ1n) is 5.62. The Labute approximate surface area is 100 Å². The molecule has 0 unspecified atom stereocenters. The van der Waals surface area contributed by atoms with Crippen LogP contribution in [0.1, 0.15) is 46.9 Å². The Balaban J connectivity index is 2.99. The van der Waals surface area contributed by atoms with E-state index in [1.165, 1.54) is 11.0 Å². The summed E-state index contributed by atoms with van der Waals surface area (Å²) in [5, 5.41) is 8.95. The van der Waals surface area contributed by atoms with Gasteiger partial charge in [-0.1, -0.05) is 13.8 Å². The van der Waals surface area contributed by atoms with Crippen molar-refractivity contribution in [2.45, 2.75) is 26.7 Å². The number of carbonyl (C=O) groups excluding carboxylic acids is 1. The Morgan fingerprint density at radius 3 is 2.47 bits per heavy atom. The van der Waals surface area contributed by atoms with Gasteiger partial charge in [0.15, 0.2) is 5.76 Å². The lowest BCUT2D eigenvalue weighted by Gasteiger charge is -2.13. The Kier molecular flexibility index (Phi) is 4.31. The molecule has 17 heavy (non-hydrogen) atoms. The Morgan fingerprint density at radius 1 is 1.41 bits per heavy atom. The van der Waals surface area contributed by atoms with Crippen molar-refractivity contribution < 1.29 is 19.1 Å². The standard InChI is InChI=1S/C12H17NO4/c1-4-6-13(3)11(14)10-7-8(12(15)16)9(5-2)17-10/h7H,4-6H2,1-3H3,(H,15,16). The largest absolute Gasteiger partial charge is 0.478 e. The summed E-state index contributed by atoms with van der Waals surface area (Å²) in [6.45, 7) is 4.37. The number of carbonyl (C=O) groups is 2. The first-order chi connectivity index (χ1) is 8.01. The molecule has 0 atom stereocenters. The molecule has 1 heterocycles. The van der Waals surface area contributed by atoms with Crippen LogP contribution in [-0.2, 0) is 6.42 Å². The fourth-order valence-electron chi connectivity index (χ4n) is 1.60. The number of rotatable bonds is 5. The van der Waals surface area contributed by atoms with Gasteiger partial charge in [-0.25, -0.2) is 4.79 Å². The van der Waals surface area contributed by atoms with Gasteiger partial charge in [-0.15, -0.1) is 0 Å². The second-order valence-corrected chi connectivity index (χ2v) is 3.83. The molecule has 0 aromatic carbocycles. The number of nitrogens with zero attached hydrogens (tertiary/aromatic N) is 1. The van der Waals surface area contributed by atoms with Gasteiger partial charge in [0.1, 0.15) is 11.3 Å². The van der Waals surface area contributed by atoms with Crippen LogP contribution in [0.2, 0.25) is 0 Å². The average molecular weight is 239 g/mol. The van der Waals surface area contributed by atoms with Gasteiger partial charge in [0, 0.05) is 26.1 Å². The molecule has 1 aromatic heterocycles. The normalized spacial score (nSPS) is 10.3. The lowest BCUT2D eigenvalue weighted by atomic mass is 10.2. The summed E-state index contributed by atoms with van der Waals surface area (Å²) in [7, 11) is 1.67. The van der Waals surface area contributed by atoms with Crippen LogP contribution in [0.5, 0.6) is 0 Å². The minimum absolute atomic E-state index is 0.0701. The maximum absolute atomic E-state index is 11.9. The van der Waals surface area contributed by atoms with Crippen LogP contribution < -0.4 is 0 Å². The number of aromatic carboxylic acids is 1. The number of carboxylic acids is 1. The van der Waals surface area contributed by atoms with Crippen LogP contribution in [0.15, 0.2) is 10.5 Å². The number of furan rings is 1. The molecule has 0 radical (unpaired) electrons. The molecule has 0 aliphatic carbocycles. The molecule has 0 aliphatic rings. The zero-order chi connectivity index (χ0) is 13.0. The number of amides is 1. The summed E-state index contributed by atoms with van der Waals surface area (Å²) >= 11 is 0. The van der Waals surface area contributed by atoms with E-state index < -0.39 is 5.97 Å². The van der Waals surface area contributed by atoms with Gasteiger partial charge in [-0.3, -0.25) is 4.79 Å². The van der Waals surface area contributed by atoms with E-state index in [-0.39, 0.29) is 17.2 Å². The van der Waals surface area contributed by atoms with Crippen LogP contribution in [0, 0.1) is 0 Å². The van der Waals surface area contributed by atoms with Crippen molar-refractivity contribution >= 4 is 11.9 Å². The van der Waals surface area contributed by atoms with E-state index in [0.717, 1.165) is 6.42 Å². The lowest BCUT2D eigenvalue weighted by Crippen LogP contribution is -2.26. The fraction of sp³-hybridized carbons (Fsp3) is 0.500. The van der Waals surface area contributed by atoms with Crippen LogP contribution >= 0.6 is 0 Å². The van der Waals surface area contributed by atoms with Crippen molar-refractivity contribution in [2.75, 3.05) is 13.6 Å². The molecule has 1 rings (SSSR count). The molecule has 1 N–H and O–H groups in total. The lowest BCUT2D eigenvalue weighted by molar-refractivity contribution is 0.0693. The SMILES string of the molecule is CCCN(C)C(=O)c1cc(C(=O)O)c(CC)o1. The monoisotopic (exact) mass is 239 g/mol. The van der Waals surface area contributed by atoms with Gasteiger partial charge < -0.3 is 14.4 Å². The van der Waals surface area contributed by atoms with Gasteiger partial charge in [0.2, 0.25) is 0 Å². The van der Waals surface area contributed by atoms with Gasteiger partial charge >= 0.3 is 5.97 Å². The van der Waals surface area contributed by atoms with Gasteiger partial charge in [-0.2, -0.15) is 0 Å². The zero-order valence-electron chi connectivity index (χ0n) is 10.3. The van der Waals surface area contributed by atoms with E-state index in [4.69, 9.17) is 9.52 Å². The molecular weight excluding hydrogens is 222 g/mol. The molecule has 1 amide bonds. The minimum atomic E-state index is -1.07. The summed E-state index contributed by atoms with van der Waals surface area (Å²) in [5.41, 5.74) is 0.0701. The van der Waals surface area contributed by atoms with E-state index in [0.29, 0.717) is 18.7 Å². The summed E-state index contributed by atoms with van der Waals surface area (Å²) in [4.78, 5) is 24.3. The molecule has 0 spiro atoms. The molecule has 1 aromatic rings. The second kappa shape index (κ2) is 5.52. The van der Waals surface area contributed by atoms with Crippen molar-refractivity contribution in [1.82, 2.24) is 4.90 Å². The van der Waals surface area contributed by atoms with E-state index in [1.807, 2.05) is 6.92 Å². The van der Waals surface area contributed by atoms with Crippen LogP contribution in [-0.4, -0.2) is 35.5 Å². The predicted molar refractivity (Wildman–Crippen MR) is 62.3 cm³/mol. The fourth-order valence-corrected chi connectivity index (χ4v) is 1.60. The van der Waals surface area contributed by atoms with Crippen molar-refractivity contribution in [3.8, 4) is 0 Å². The molecule has 0 bridgehead atoms. The Bertz CT molecular complexity index is 422. The number of hydrogen-bond donors (Lipinski definition) is 1. The quantitative estimate of drug-likeness (QED) is 0.853. The number of aryl methyl sites for hydroxylation is 1. The second-order valence-electron chi connectivity index (χ2n) is 3.83. The highest BCUT2D eigenvalue weighted by Gasteiger charge is 2.21. The molecule has 0 aliphatic heterocycles. The van der Waals surface area contributed by atoms with Crippen LogP contribution in [0.4, 0.5) is 0 Å². The summed E-state index contributed by atoms with van der Waals surface area (Å²) in [5.74, 6) is -0.919. The predicted octanol–water partition coefficient (Wildman–Crippen LogP) is 2.02. The third kappa shape index (κ3) is 2.87. The third-order valence-corrected chi connectivity index (χ3v) is 2.48. The molecule has 0 saturated carbocycles. The molecule has 94 valence electrons. The minimum Gasteiger partial charge on any atom is -0.478 e. The smallest absolute Gasteiger partial charge is 0.339 e. The van der Waals surface area contributed by atoms with Crippen molar-refractivity contribution in [3.05, 3.63) is 23.2 Å². The highest BCUT2D eigenvalue weighted by Crippen LogP contribution is 2.17. The van der Waals surface area contributed by atoms with Crippen LogP contribution in [0.25, 0.3) is 0 Å². The van der Waals surface area contributed by atoms with E-state index >= 15 is 0 Å². The van der Waals surface area contributed by atoms with E-state index in [1.54, 1.807) is 14.0 Å². The summed E-state index contributed by atoms with van der Waals surface area (Å²) in [6.07, 6.45) is 1.29. The summed E-state index contributed by atoms with van der Waals surface area (Å²) < 4.78 is 5.28. The maximum Gasteiger partial charge on any atom is 0.339 e. The first kappa shape index (κ1) is 13.3. The molecule has 0 saturated heterocycles. The first-order valence-corrected chi connectivity index (χ1v) is 5.62. The molecular formula is C12H17NO4. The van der Waals surface area contributed by atoms with E-state index in [2.05, 4.69) is 0 Å². The molecule has 5 nitrogen and oxygen atoms in total. The van der Waals surface area contributed by atoms with Crippen LogP contribution in [0.3, 0.4) is 0 Å². The van der Waals surface area contributed by atoms with Crippen molar-refractivity contribution in [3.63, 3.8) is 0 Å². The topological polar surface area (TPSA) is 70.8 Å². The average Bonchev–Trinajstić information content (AvgIpc) is 2.72. The third-order valence-electron chi connectivity index (χ3n) is 2.48. The van der Waals surface area contributed by atoms with Gasteiger partial charge in [0.25, 0.3) is 5.91 Å². The Hall–Kier alpha value is -1.78. The summed E-state index contributed by atoms with van der Waals surface area (Å²) in [6, 6.07) is 1.30. The highest BCUT2D eigenvalue weighted by atomic mass is 16.4. The number of carboxylic acid groups (broad SMARTS) is 1. The van der Waals surface area contributed by atoms with Crippen molar-refractivity contribution in [1.29, 1.82) is 0 Å². The van der Waals surface area contributed by atoms with Crippen molar-refractivity contribution in [2.24, 2.45) is 0 Å². The molecule has 5 heteroatoms. The molecule has 0 fully saturated rings. The Morgan fingerprint density at radius 2 is 2.06 bits per heavy atom. The zero-order valence-corrected chi connectivity index (χ0v) is 10.3. The number of hydrogen-bond acceptors (Lipinski definition) is 3. The van der Waals surface area contributed by atoms with Gasteiger partial charge in [0.05, 0.1) is 0 Å². The highest BCUT2D eigenvalue weighted by molar-refractivity contribution is 5.96.